The van der Waals surface area contributed by atoms with Crippen LogP contribution in [0.15, 0.2) is 16.3 Å². The van der Waals surface area contributed by atoms with Gasteiger partial charge >= 0.3 is 0 Å². The number of aryl methyl sites for hydroxylation is 1. The quantitative estimate of drug-likeness (QED) is 0.809. The first-order valence-electron chi connectivity index (χ1n) is 5.01. The Kier molecular flexibility index (Phi) is 4.29. The van der Waals surface area contributed by atoms with Gasteiger partial charge in [-0.25, -0.2) is 13.1 Å². The minimum absolute atomic E-state index is 0.196. The molecule has 0 bridgehead atoms. The summed E-state index contributed by atoms with van der Waals surface area (Å²) < 4.78 is 26.7. The van der Waals surface area contributed by atoms with Crippen molar-refractivity contribution in [3.8, 4) is 0 Å². The van der Waals surface area contributed by atoms with Crippen molar-refractivity contribution in [3.63, 3.8) is 0 Å². The molecule has 7 heteroatoms. The Hall–Kier alpha value is -0.500. The normalized spacial score (nSPS) is 12.6. The molecule has 0 aliphatic heterocycles. The lowest BCUT2D eigenvalue weighted by molar-refractivity contribution is 0.502. The number of nitrogens with two attached hydrogens (primary N) is 1. The van der Waals surface area contributed by atoms with Gasteiger partial charge in [0.05, 0.1) is 4.99 Å². The molecule has 0 aliphatic rings. The minimum Gasteiger partial charge on any atom is -0.393 e. The van der Waals surface area contributed by atoms with Gasteiger partial charge in [0, 0.05) is 16.8 Å². The van der Waals surface area contributed by atoms with E-state index < -0.39 is 15.4 Å². The van der Waals surface area contributed by atoms with E-state index in [1.807, 2.05) is 6.92 Å². The van der Waals surface area contributed by atoms with E-state index in [-0.39, 0.29) is 6.54 Å². The van der Waals surface area contributed by atoms with Crippen LogP contribution in [0.5, 0.6) is 0 Å². The van der Waals surface area contributed by atoms with Crippen LogP contribution in [-0.4, -0.2) is 20.0 Å². The van der Waals surface area contributed by atoms with Crippen molar-refractivity contribution in [2.75, 3.05) is 6.54 Å². The summed E-state index contributed by atoms with van der Waals surface area (Å²) in [4.78, 5) is 1.25. The highest BCUT2D eigenvalue weighted by molar-refractivity contribution is 7.91. The molecule has 0 saturated heterocycles. The lowest BCUT2D eigenvalue weighted by Crippen LogP contribution is -2.41. The summed E-state index contributed by atoms with van der Waals surface area (Å²) >= 11 is 6.13. The van der Waals surface area contributed by atoms with Crippen LogP contribution in [0.25, 0.3) is 0 Å². The number of rotatable bonds is 5. The van der Waals surface area contributed by atoms with Crippen LogP contribution in [0.4, 0.5) is 0 Å². The number of thiophene rings is 1. The predicted molar refractivity (Wildman–Crippen MR) is 74.8 cm³/mol. The van der Waals surface area contributed by atoms with E-state index in [1.165, 1.54) is 11.3 Å². The van der Waals surface area contributed by atoms with Gasteiger partial charge in [0.25, 0.3) is 0 Å². The summed E-state index contributed by atoms with van der Waals surface area (Å²) in [6.07, 6.45) is 0. The molecule has 0 fully saturated rings. The van der Waals surface area contributed by atoms with Gasteiger partial charge < -0.3 is 5.73 Å². The van der Waals surface area contributed by atoms with Crippen molar-refractivity contribution >= 4 is 38.6 Å². The zero-order valence-corrected chi connectivity index (χ0v) is 12.4. The van der Waals surface area contributed by atoms with Gasteiger partial charge in [-0.2, -0.15) is 0 Å². The molecule has 1 aromatic heterocycles. The van der Waals surface area contributed by atoms with Crippen LogP contribution in [-0.2, 0) is 10.0 Å². The van der Waals surface area contributed by atoms with E-state index in [9.17, 15) is 8.42 Å². The van der Waals surface area contributed by atoms with E-state index in [0.29, 0.717) is 9.20 Å². The average molecular weight is 292 g/mol. The van der Waals surface area contributed by atoms with Gasteiger partial charge in [-0.15, -0.1) is 11.3 Å². The molecule has 0 spiro atoms. The monoisotopic (exact) mass is 292 g/mol. The fourth-order valence-electron chi connectivity index (χ4n) is 0.990. The number of thiocarbonyl (C=S) groups is 1. The van der Waals surface area contributed by atoms with Crippen molar-refractivity contribution in [1.29, 1.82) is 0 Å². The highest BCUT2D eigenvalue weighted by Crippen LogP contribution is 2.21. The third-order valence-electron chi connectivity index (χ3n) is 2.35. The summed E-state index contributed by atoms with van der Waals surface area (Å²) in [7, 11) is -3.45. The molecular weight excluding hydrogens is 276 g/mol. The number of sulfonamides is 1. The summed E-state index contributed by atoms with van der Waals surface area (Å²) in [5.74, 6) is 0. The molecule has 1 heterocycles. The summed E-state index contributed by atoms with van der Waals surface area (Å²) in [6.45, 7) is 5.67. The molecule has 0 aromatic carbocycles. The van der Waals surface area contributed by atoms with E-state index in [4.69, 9.17) is 18.0 Å². The minimum atomic E-state index is -3.45. The van der Waals surface area contributed by atoms with Crippen molar-refractivity contribution in [2.24, 2.45) is 11.1 Å². The van der Waals surface area contributed by atoms with Crippen LogP contribution in [0, 0.1) is 12.3 Å². The Labute approximate surface area is 111 Å². The molecule has 0 aliphatic carbocycles. The lowest BCUT2D eigenvalue weighted by atomic mass is 9.94. The second-order valence-electron chi connectivity index (χ2n) is 4.44. The molecular formula is C10H16N2O2S3. The topological polar surface area (TPSA) is 72.2 Å². The second-order valence-corrected chi connectivity index (χ2v) is 8.16. The fourth-order valence-corrected chi connectivity index (χ4v) is 3.60. The Morgan fingerprint density at radius 3 is 2.53 bits per heavy atom. The molecule has 0 amide bonds. The van der Waals surface area contributed by atoms with Gasteiger partial charge in [-0.1, -0.05) is 26.1 Å². The largest absolute Gasteiger partial charge is 0.393 e. The Morgan fingerprint density at radius 2 is 2.12 bits per heavy atom. The van der Waals surface area contributed by atoms with Gasteiger partial charge in [-0.3, -0.25) is 0 Å². The van der Waals surface area contributed by atoms with Crippen molar-refractivity contribution in [1.82, 2.24) is 4.72 Å². The number of hydrogen-bond donors (Lipinski definition) is 2. The maximum atomic E-state index is 11.9. The Morgan fingerprint density at radius 1 is 1.53 bits per heavy atom. The molecule has 4 nitrogen and oxygen atoms in total. The van der Waals surface area contributed by atoms with Crippen molar-refractivity contribution in [2.45, 2.75) is 25.0 Å². The fraction of sp³-hybridized carbons (Fsp3) is 0.500. The van der Waals surface area contributed by atoms with Gasteiger partial charge in [0.1, 0.15) is 4.21 Å². The van der Waals surface area contributed by atoms with Crippen molar-refractivity contribution < 1.29 is 8.42 Å². The standard InChI is InChI=1S/C10H16N2O2S3/c1-7-4-5-8(16-7)17(13,14)12-6-10(2,3)9(11)15/h4-5,12H,6H2,1-3H3,(H2,11,15). The number of nitrogens with one attached hydrogen (secondary N) is 1. The maximum absolute atomic E-state index is 11.9. The Balaban J connectivity index is 2.79. The molecule has 17 heavy (non-hydrogen) atoms. The zero-order valence-electron chi connectivity index (χ0n) is 9.98. The SMILES string of the molecule is Cc1ccc(S(=O)(=O)NCC(C)(C)C(N)=S)s1. The highest BCUT2D eigenvalue weighted by Gasteiger charge is 2.25. The first kappa shape index (κ1) is 14.6. The Bertz CT molecular complexity index is 517. The molecule has 0 atom stereocenters. The number of hydrogen-bond acceptors (Lipinski definition) is 4. The second kappa shape index (κ2) is 5.01. The first-order chi connectivity index (χ1) is 7.65. The molecule has 0 unspecified atom stereocenters. The van der Waals surface area contributed by atoms with Gasteiger partial charge in [-0.05, 0) is 19.1 Å². The lowest BCUT2D eigenvalue weighted by Gasteiger charge is -2.22. The van der Waals surface area contributed by atoms with Crippen molar-refractivity contribution in [3.05, 3.63) is 17.0 Å². The summed E-state index contributed by atoms with van der Waals surface area (Å²) in [6, 6.07) is 3.37. The van der Waals surface area contributed by atoms with E-state index >= 15 is 0 Å². The highest BCUT2D eigenvalue weighted by atomic mass is 32.2. The van der Waals surface area contributed by atoms with E-state index in [2.05, 4.69) is 4.72 Å². The molecule has 3 N–H and O–H groups in total. The smallest absolute Gasteiger partial charge is 0.250 e. The summed E-state index contributed by atoms with van der Waals surface area (Å²) in [5, 5.41) is 0. The summed E-state index contributed by atoms with van der Waals surface area (Å²) in [5.41, 5.74) is 5.01. The van der Waals surface area contributed by atoms with Crippen LogP contribution >= 0.6 is 23.6 Å². The molecule has 0 radical (unpaired) electrons. The van der Waals surface area contributed by atoms with Gasteiger partial charge in [0.2, 0.25) is 10.0 Å². The van der Waals surface area contributed by atoms with Crippen LogP contribution in [0.3, 0.4) is 0 Å². The van der Waals surface area contributed by atoms with E-state index in [0.717, 1.165) is 4.88 Å². The van der Waals surface area contributed by atoms with E-state index in [1.54, 1.807) is 26.0 Å². The molecule has 1 aromatic rings. The van der Waals surface area contributed by atoms with Crippen LogP contribution in [0.2, 0.25) is 0 Å². The molecule has 96 valence electrons. The molecule has 1 rings (SSSR count). The third kappa shape index (κ3) is 3.74. The van der Waals surface area contributed by atoms with Crippen LogP contribution < -0.4 is 10.5 Å². The molecule has 0 saturated carbocycles. The maximum Gasteiger partial charge on any atom is 0.250 e. The average Bonchev–Trinajstić information content (AvgIpc) is 2.63. The third-order valence-corrected chi connectivity index (χ3v) is 5.80. The van der Waals surface area contributed by atoms with Gasteiger partial charge in [0.15, 0.2) is 0 Å². The zero-order chi connectivity index (χ0) is 13.3. The first-order valence-corrected chi connectivity index (χ1v) is 7.72. The predicted octanol–water partition coefficient (Wildman–Crippen LogP) is 1.65. The van der Waals surface area contributed by atoms with Crippen LogP contribution in [0.1, 0.15) is 18.7 Å².